The topological polar surface area (TPSA) is 66.0 Å². The molecule has 0 fully saturated rings. The molecule has 1 aromatic carbocycles. The summed E-state index contributed by atoms with van der Waals surface area (Å²) in [6.07, 6.45) is 1.93. The molecule has 0 aliphatic carbocycles. The van der Waals surface area contributed by atoms with Gasteiger partial charge in [0.15, 0.2) is 11.6 Å². The van der Waals surface area contributed by atoms with Crippen molar-refractivity contribution >= 4 is 28.6 Å². The third kappa shape index (κ3) is 2.16. The molecule has 0 aliphatic heterocycles. The van der Waals surface area contributed by atoms with Crippen molar-refractivity contribution in [3.63, 3.8) is 0 Å². The molecule has 2 aromatic heterocycles. The summed E-state index contributed by atoms with van der Waals surface area (Å²) >= 11 is 6.20. The zero-order valence-electron chi connectivity index (χ0n) is 12.3. The van der Waals surface area contributed by atoms with Crippen molar-refractivity contribution in [2.24, 2.45) is 7.05 Å². The zero-order chi connectivity index (χ0) is 16.0. The summed E-state index contributed by atoms with van der Waals surface area (Å²) in [5, 5.41) is 0.233. The lowest BCUT2D eigenvalue weighted by molar-refractivity contribution is 0.387. The molecule has 0 spiro atoms. The number of nitrogens with two attached hydrogens (primary N) is 1. The van der Waals surface area contributed by atoms with Crippen molar-refractivity contribution in [2.75, 3.05) is 12.8 Å². The van der Waals surface area contributed by atoms with Crippen molar-refractivity contribution in [3.05, 3.63) is 34.7 Å². The average molecular weight is 321 g/mol. The normalized spacial score (nSPS) is 11.1. The van der Waals surface area contributed by atoms with Gasteiger partial charge in [-0.25, -0.2) is 14.4 Å². The van der Waals surface area contributed by atoms with Gasteiger partial charge in [0, 0.05) is 18.8 Å². The Morgan fingerprint density at radius 2 is 2.05 bits per heavy atom. The monoisotopic (exact) mass is 320 g/mol. The predicted molar refractivity (Wildman–Crippen MR) is 84.6 cm³/mol. The lowest BCUT2D eigenvalue weighted by Gasteiger charge is -2.10. The highest BCUT2D eigenvalue weighted by atomic mass is 35.5. The Bertz CT molecular complexity index is 891. The van der Waals surface area contributed by atoms with Crippen LogP contribution in [-0.2, 0) is 7.05 Å². The second kappa shape index (κ2) is 5.14. The molecular formula is C15H14ClFN4O. The SMILES string of the molecule is COc1cc(-c2nc(N)nc3c(C)cn(C)c23)c(Cl)cc1F. The molecule has 0 atom stereocenters. The van der Waals surface area contributed by atoms with E-state index < -0.39 is 5.82 Å². The third-order valence-electron chi connectivity index (χ3n) is 3.51. The fourth-order valence-corrected chi connectivity index (χ4v) is 2.79. The van der Waals surface area contributed by atoms with Crippen LogP contribution in [0.4, 0.5) is 10.3 Å². The van der Waals surface area contributed by atoms with E-state index in [0.717, 1.165) is 16.6 Å². The minimum Gasteiger partial charge on any atom is -0.494 e. The Morgan fingerprint density at radius 3 is 2.73 bits per heavy atom. The maximum atomic E-state index is 13.8. The molecule has 2 heterocycles. The molecule has 0 unspecified atom stereocenters. The number of fused-ring (bicyclic) bond motifs is 1. The van der Waals surface area contributed by atoms with E-state index in [4.69, 9.17) is 22.1 Å². The van der Waals surface area contributed by atoms with Crippen molar-refractivity contribution < 1.29 is 9.13 Å². The molecule has 0 radical (unpaired) electrons. The Hall–Kier alpha value is -2.34. The number of methoxy groups -OCH3 is 1. The summed E-state index contributed by atoms with van der Waals surface area (Å²) in [6.45, 7) is 1.94. The first-order chi connectivity index (χ1) is 10.4. The summed E-state index contributed by atoms with van der Waals surface area (Å²) in [5.41, 5.74) is 9.39. The van der Waals surface area contributed by atoms with Gasteiger partial charge in [-0.15, -0.1) is 0 Å². The van der Waals surface area contributed by atoms with Crippen LogP contribution in [0.25, 0.3) is 22.3 Å². The quantitative estimate of drug-likeness (QED) is 0.786. The van der Waals surface area contributed by atoms with Crippen LogP contribution in [0.3, 0.4) is 0 Å². The van der Waals surface area contributed by atoms with Crippen LogP contribution in [0.5, 0.6) is 5.75 Å². The molecule has 2 N–H and O–H groups in total. The number of anilines is 1. The minimum absolute atomic E-state index is 0.0932. The Balaban J connectivity index is 2.40. The molecule has 3 rings (SSSR count). The number of nitrogens with zero attached hydrogens (tertiary/aromatic N) is 3. The third-order valence-corrected chi connectivity index (χ3v) is 3.82. The number of ether oxygens (including phenoxy) is 1. The molecule has 7 heteroatoms. The first-order valence-electron chi connectivity index (χ1n) is 6.55. The number of benzene rings is 1. The lowest BCUT2D eigenvalue weighted by Crippen LogP contribution is -2.01. The van der Waals surface area contributed by atoms with Gasteiger partial charge in [0.1, 0.15) is 5.69 Å². The molecule has 0 saturated heterocycles. The highest BCUT2D eigenvalue weighted by Crippen LogP contribution is 2.36. The van der Waals surface area contributed by atoms with E-state index in [1.54, 1.807) is 0 Å². The fourth-order valence-electron chi connectivity index (χ4n) is 2.55. The smallest absolute Gasteiger partial charge is 0.221 e. The molecule has 0 bridgehead atoms. The van der Waals surface area contributed by atoms with E-state index in [2.05, 4.69) is 9.97 Å². The van der Waals surface area contributed by atoms with Crippen LogP contribution < -0.4 is 10.5 Å². The van der Waals surface area contributed by atoms with E-state index in [9.17, 15) is 4.39 Å². The molecule has 5 nitrogen and oxygen atoms in total. The molecule has 0 amide bonds. The number of nitrogen functional groups attached to an aromatic ring is 1. The van der Waals surface area contributed by atoms with E-state index in [1.165, 1.54) is 19.2 Å². The van der Waals surface area contributed by atoms with Crippen LogP contribution in [-0.4, -0.2) is 21.6 Å². The molecule has 22 heavy (non-hydrogen) atoms. The Morgan fingerprint density at radius 1 is 1.32 bits per heavy atom. The number of hydrogen-bond donors (Lipinski definition) is 1. The molecule has 0 saturated carbocycles. The lowest BCUT2D eigenvalue weighted by atomic mass is 10.1. The van der Waals surface area contributed by atoms with Gasteiger partial charge in [0.25, 0.3) is 0 Å². The maximum absolute atomic E-state index is 13.8. The first-order valence-corrected chi connectivity index (χ1v) is 6.92. The molecular weight excluding hydrogens is 307 g/mol. The number of rotatable bonds is 2. The Labute approximate surface area is 131 Å². The first kappa shape index (κ1) is 14.6. The maximum Gasteiger partial charge on any atom is 0.221 e. The number of hydrogen-bond acceptors (Lipinski definition) is 4. The van der Waals surface area contributed by atoms with Gasteiger partial charge in [-0.1, -0.05) is 11.6 Å². The van der Waals surface area contributed by atoms with Gasteiger partial charge >= 0.3 is 0 Å². The number of halogens is 2. The largest absolute Gasteiger partial charge is 0.494 e. The standard InChI is InChI=1S/C15H14ClFN4O/c1-7-6-21(2)14-12(7)19-15(18)20-13(14)8-4-11(22-3)10(17)5-9(8)16/h4-6H,1-3H3,(H2,18,19,20). The zero-order valence-corrected chi connectivity index (χ0v) is 13.1. The molecule has 114 valence electrons. The number of aryl methyl sites for hydroxylation is 2. The van der Waals surface area contributed by atoms with Crippen molar-refractivity contribution in [3.8, 4) is 17.0 Å². The van der Waals surface area contributed by atoms with Crippen molar-refractivity contribution in [1.82, 2.24) is 14.5 Å². The van der Waals surface area contributed by atoms with Gasteiger partial charge in [-0.2, -0.15) is 0 Å². The Kier molecular flexibility index (Phi) is 3.41. The molecule has 0 aliphatic rings. The van der Waals surface area contributed by atoms with E-state index >= 15 is 0 Å². The minimum atomic E-state index is -0.530. The van der Waals surface area contributed by atoms with Crippen LogP contribution in [0, 0.1) is 12.7 Å². The average Bonchev–Trinajstić information content (AvgIpc) is 2.73. The van der Waals surface area contributed by atoms with E-state index in [-0.39, 0.29) is 16.7 Å². The van der Waals surface area contributed by atoms with Gasteiger partial charge in [0.05, 0.1) is 23.2 Å². The van der Waals surface area contributed by atoms with E-state index in [0.29, 0.717) is 11.3 Å². The summed E-state index contributed by atoms with van der Waals surface area (Å²) < 4.78 is 20.7. The van der Waals surface area contributed by atoms with Crippen LogP contribution in [0.15, 0.2) is 18.3 Å². The highest BCUT2D eigenvalue weighted by molar-refractivity contribution is 6.33. The van der Waals surface area contributed by atoms with Gasteiger partial charge in [-0.3, -0.25) is 0 Å². The highest BCUT2D eigenvalue weighted by Gasteiger charge is 2.18. The van der Waals surface area contributed by atoms with Gasteiger partial charge < -0.3 is 15.0 Å². The van der Waals surface area contributed by atoms with Crippen LogP contribution >= 0.6 is 11.6 Å². The van der Waals surface area contributed by atoms with Crippen molar-refractivity contribution in [2.45, 2.75) is 6.92 Å². The van der Waals surface area contributed by atoms with Crippen LogP contribution in [0.2, 0.25) is 5.02 Å². The van der Waals surface area contributed by atoms with Crippen LogP contribution in [0.1, 0.15) is 5.56 Å². The summed E-state index contributed by atoms with van der Waals surface area (Å²) in [7, 11) is 3.28. The summed E-state index contributed by atoms with van der Waals surface area (Å²) in [5.74, 6) is -0.301. The molecule has 3 aromatic rings. The second-order valence-corrected chi connectivity index (χ2v) is 5.42. The summed E-state index contributed by atoms with van der Waals surface area (Å²) in [6, 6.07) is 2.72. The van der Waals surface area contributed by atoms with Gasteiger partial charge in [0.2, 0.25) is 5.95 Å². The second-order valence-electron chi connectivity index (χ2n) is 5.02. The fraction of sp³-hybridized carbons (Fsp3) is 0.200. The number of aromatic nitrogens is 3. The summed E-state index contributed by atoms with van der Waals surface area (Å²) in [4.78, 5) is 8.56. The van der Waals surface area contributed by atoms with Crippen molar-refractivity contribution in [1.29, 1.82) is 0 Å². The predicted octanol–water partition coefficient (Wildman–Crippen LogP) is 3.33. The van der Waals surface area contributed by atoms with E-state index in [1.807, 2.05) is 24.7 Å². The van der Waals surface area contributed by atoms with Gasteiger partial charge in [-0.05, 0) is 24.6 Å².